The quantitative estimate of drug-likeness (QED) is 0.940. The lowest BCUT2D eigenvalue weighted by atomic mass is 9.91. The third-order valence-electron chi connectivity index (χ3n) is 4.26. The van der Waals surface area contributed by atoms with Crippen molar-refractivity contribution in [3.8, 4) is 0 Å². The number of carbonyl (C=O) groups excluding carboxylic acids is 1. The number of rotatable bonds is 3. The van der Waals surface area contributed by atoms with Crippen molar-refractivity contribution in [3.63, 3.8) is 0 Å². The molecule has 3 heterocycles. The van der Waals surface area contributed by atoms with Crippen LogP contribution in [-0.4, -0.2) is 45.7 Å². The zero-order chi connectivity index (χ0) is 15.5. The molecule has 1 unspecified atom stereocenters. The maximum Gasteiger partial charge on any atom is 0.272 e. The van der Waals surface area contributed by atoms with E-state index < -0.39 is 0 Å². The number of nitrogens with zero attached hydrogens (tertiary/aromatic N) is 4. The standard InChI is InChI=1S/C16H21N5O/c1-17-15-10-12(5-7-18-15)13-4-3-9-21(11-13)16(22)14-6-8-19-20(14)2/h5-8,10,13H,3-4,9,11H2,1-2H3,(H,17,18). The summed E-state index contributed by atoms with van der Waals surface area (Å²) in [5.74, 6) is 1.29. The van der Waals surface area contributed by atoms with Crippen LogP contribution in [0.5, 0.6) is 0 Å². The van der Waals surface area contributed by atoms with Crippen molar-refractivity contribution in [1.82, 2.24) is 19.7 Å². The number of hydrogen-bond acceptors (Lipinski definition) is 4. The second kappa shape index (κ2) is 6.17. The van der Waals surface area contributed by atoms with E-state index in [1.54, 1.807) is 24.0 Å². The van der Waals surface area contributed by atoms with Crippen LogP contribution < -0.4 is 5.32 Å². The van der Waals surface area contributed by atoms with Gasteiger partial charge in [-0.3, -0.25) is 9.48 Å². The Morgan fingerprint density at radius 3 is 2.95 bits per heavy atom. The molecule has 6 heteroatoms. The summed E-state index contributed by atoms with van der Waals surface area (Å²) >= 11 is 0. The molecule has 1 saturated heterocycles. The van der Waals surface area contributed by atoms with Gasteiger partial charge in [0.1, 0.15) is 11.5 Å². The van der Waals surface area contributed by atoms with Crippen LogP contribution in [0.2, 0.25) is 0 Å². The largest absolute Gasteiger partial charge is 0.373 e. The molecule has 0 saturated carbocycles. The molecule has 0 aliphatic carbocycles. The molecule has 1 aliphatic rings. The summed E-state index contributed by atoms with van der Waals surface area (Å²) in [5, 5.41) is 7.15. The van der Waals surface area contributed by atoms with Gasteiger partial charge in [-0.05, 0) is 36.6 Å². The van der Waals surface area contributed by atoms with Gasteiger partial charge in [0.2, 0.25) is 0 Å². The fourth-order valence-corrected chi connectivity index (χ4v) is 3.02. The Labute approximate surface area is 130 Å². The first-order valence-electron chi connectivity index (χ1n) is 7.60. The predicted molar refractivity (Wildman–Crippen MR) is 84.9 cm³/mol. The molecule has 1 N–H and O–H groups in total. The Hall–Kier alpha value is -2.37. The first-order valence-corrected chi connectivity index (χ1v) is 7.60. The highest BCUT2D eigenvalue weighted by Gasteiger charge is 2.26. The molecule has 2 aromatic rings. The lowest BCUT2D eigenvalue weighted by molar-refractivity contribution is 0.0696. The number of nitrogens with one attached hydrogen (secondary N) is 1. The highest BCUT2D eigenvalue weighted by atomic mass is 16.2. The third kappa shape index (κ3) is 2.81. The summed E-state index contributed by atoms with van der Waals surface area (Å²) in [5.41, 5.74) is 1.88. The van der Waals surface area contributed by atoms with E-state index in [0.717, 1.165) is 31.7 Å². The number of carbonyl (C=O) groups is 1. The van der Waals surface area contributed by atoms with E-state index in [-0.39, 0.29) is 5.91 Å². The van der Waals surface area contributed by atoms with E-state index in [1.807, 2.05) is 24.2 Å². The Bertz CT molecular complexity index is 666. The van der Waals surface area contributed by atoms with Gasteiger partial charge in [0.05, 0.1) is 0 Å². The van der Waals surface area contributed by atoms with E-state index >= 15 is 0 Å². The highest BCUT2D eigenvalue weighted by Crippen LogP contribution is 2.28. The van der Waals surface area contributed by atoms with Crippen molar-refractivity contribution in [2.75, 3.05) is 25.5 Å². The van der Waals surface area contributed by atoms with Gasteiger partial charge in [-0.1, -0.05) is 0 Å². The van der Waals surface area contributed by atoms with Crippen LogP contribution in [-0.2, 0) is 7.05 Å². The summed E-state index contributed by atoms with van der Waals surface area (Å²) in [6.07, 6.45) is 5.60. The summed E-state index contributed by atoms with van der Waals surface area (Å²) in [7, 11) is 3.67. The maximum absolute atomic E-state index is 12.6. The van der Waals surface area contributed by atoms with Crippen molar-refractivity contribution in [2.24, 2.45) is 7.05 Å². The lowest BCUT2D eigenvalue weighted by Crippen LogP contribution is -2.39. The summed E-state index contributed by atoms with van der Waals surface area (Å²) in [4.78, 5) is 18.8. The Balaban J connectivity index is 1.76. The van der Waals surface area contributed by atoms with E-state index in [0.29, 0.717) is 11.6 Å². The molecule has 0 radical (unpaired) electrons. The van der Waals surface area contributed by atoms with Crippen molar-refractivity contribution >= 4 is 11.7 Å². The molecule has 6 nitrogen and oxygen atoms in total. The Morgan fingerprint density at radius 1 is 1.36 bits per heavy atom. The van der Waals surface area contributed by atoms with Gasteiger partial charge in [-0.25, -0.2) is 4.98 Å². The third-order valence-corrected chi connectivity index (χ3v) is 4.26. The van der Waals surface area contributed by atoms with E-state index in [4.69, 9.17) is 0 Å². The number of amides is 1. The first-order chi connectivity index (χ1) is 10.7. The van der Waals surface area contributed by atoms with E-state index in [1.165, 1.54) is 5.56 Å². The van der Waals surface area contributed by atoms with Gasteiger partial charge in [0.25, 0.3) is 5.91 Å². The average molecular weight is 299 g/mol. The zero-order valence-corrected chi connectivity index (χ0v) is 13.0. The molecule has 22 heavy (non-hydrogen) atoms. The molecule has 1 atom stereocenters. The summed E-state index contributed by atoms with van der Waals surface area (Å²) < 4.78 is 1.64. The molecule has 1 amide bonds. The van der Waals surface area contributed by atoms with Crippen LogP contribution in [0.3, 0.4) is 0 Å². The van der Waals surface area contributed by atoms with E-state index in [2.05, 4.69) is 21.5 Å². The van der Waals surface area contributed by atoms with Crippen LogP contribution in [0, 0.1) is 0 Å². The van der Waals surface area contributed by atoms with Crippen molar-refractivity contribution < 1.29 is 4.79 Å². The molecule has 1 fully saturated rings. The molecule has 0 spiro atoms. The van der Waals surface area contributed by atoms with Crippen molar-refractivity contribution in [1.29, 1.82) is 0 Å². The van der Waals surface area contributed by atoms with Crippen molar-refractivity contribution in [2.45, 2.75) is 18.8 Å². The number of anilines is 1. The molecular formula is C16H21N5O. The van der Waals surface area contributed by atoms with E-state index in [9.17, 15) is 4.79 Å². The summed E-state index contributed by atoms with van der Waals surface area (Å²) in [6.45, 7) is 1.56. The van der Waals surface area contributed by atoms with Crippen LogP contribution in [0.4, 0.5) is 5.82 Å². The summed E-state index contributed by atoms with van der Waals surface area (Å²) in [6, 6.07) is 5.89. The number of likely N-dealkylation sites (tertiary alicyclic amines) is 1. The fraction of sp³-hybridized carbons (Fsp3) is 0.438. The molecule has 1 aliphatic heterocycles. The number of aromatic nitrogens is 3. The zero-order valence-electron chi connectivity index (χ0n) is 13.0. The first kappa shape index (κ1) is 14.6. The van der Waals surface area contributed by atoms with Gasteiger partial charge >= 0.3 is 0 Å². The number of hydrogen-bond donors (Lipinski definition) is 1. The minimum atomic E-state index is 0.0626. The van der Waals surface area contributed by atoms with Gasteiger partial charge in [-0.15, -0.1) is 0 Å². The number of piperidine rings is 1. The van der Waals surface area contributed by atoms with Crippen molar-refractivity contribution in [3.05, 3.63) is 41.9 Å². The number of pyridine rings is 1. The molecule has 0 aromatic carbocycles. The smallest absolute Gasteiger partial charge is 0.272 e. The van der Waals surface area contributed by atoms with Gasteiger partial charge in [-0.2, -0.15) is 5.10 Å². The minimum absolute atomic E-state index is 0.0626. The minimum Gasteiger partial charge on any atom is -0.373 e. The fourth-order valence-electron chi connectivity index (χ4n) is 3.02. The molecular weight excluding hydrogens is 278 g/mol. The monoisotopic (exact) mass is 299 g/mol. The van der Waals surface area contributed by atoms with Gasteiger partial charge in [0, 0.05) is 45.5 Å². The number of aryl methyl sites for hydroxylation is 1. The Kier molecular flexibility index (Phi) is 4.09. The lowest BCUT2D eigenvalue weighted by Gasteiger charge is -2.33. The predicted octanol–water partition coefficient (Wildman–Crippen LogP) is 1.88. The second-order valence-corrected chi connectivity index (χ2v) is 5.65. The second-order valence-electron chi connectivity index (χ2n) is 5.65. The molecule has 0 bridgehead atoms. The molecule has 3 rings (SSSR count). The van der Waals surface area contributed by atoms with Crippen LogP contribution in [0.1, 0.15) is 34.8 Å². The maximum atomic E-state index is 12.6. The molecule has 116 valence electrons. The van der Waals surface area contributed by atoms with Crippen LogP contribution >= 0.6 is 0 Å². The SMILES string of the molecule is CNc1cc(C2CCCN(C(=O)c3ccnn3C)C2)ccn1. The topological polar surface area (TPSA) is 63.1 Å². The normalized spacial score (nSPS) is 18.3. The van der Waals surface area contributed by atoms with Crippen LogP contribution in [0.15, 0.2) is 30.6 Å². The Morgan fingerprint density at radius 2 is 2.23 bits per heavy atom. The highest BCUT2D eigenvalue weighted by molar-refractivity contribution is 5.92. The average Bonchev–Trinajstić information content (AvgIpc) is 3.00. The van der Waals surface area contributed by atoms with Gasteiger partial charge in [0.15, 0.2) is 0 Å². The van der Waals surface area contributed by atoms with Gasteiger partial charge < -0.3 is 10.2 Å². The molecule has 2 aromatic heterocycles. The van der Waals surface area contributed by atoms with Crippen LogP contribution in [0.25, 0.3) is 0 Å².